The lowest BCUT2D eigenvalue weighted by Crippen LogP contribution is -2.44. The number of alkyl carbamates (subject to hydrolysis) is 1. The highest BCUT2D eigenvalue weighted by Gasteiger charge is 2.30. The number of hydrogen-bond donors (Lipinski definition) is 3. The van der Waals surface area contributed by atoms with E-state index in [0.29, 0.717) is 10.7 Å². The van der Waals surface area contributed by atoms with Crippen LogP contribution in [0.15, 0.2) is 66.7 Å². The average molecular weight is 605 g/mol. The highest BCUT2D eigenvalue weighted by atomic mass is 127. The van der Waals surface area contributed by atoms with Gasteiger partial charge in [-0.05, 0) is 69.5 Å². The van der Waals surface area contributed by atoms with Crippen LogP contribution in [0.1, 0.15) is 29.9 Å². The van der Waals surface area contributed by atoms with Crippen LogP contribution in [0, 0.1) is 3.57 Å². The van der Waals surface area contributed by atoms with Gasteiger partial charge in [-0.3, -0.25) is 9.59 Å². The monoisotopic (exact) mass is 604 g/mol. The van der Waals surface area contributed by atoms with Crippen molar-refractivity contribution in [2.45, 2.75) is 24.8 Å². The molecule has 1 atom stereocenters. The summed E-state index contributed by atoms with van der Waals surface area (Å²) in [5.74, 6) is -1.79. The number of hydrogen-bond acceptors (Lipinski definition) is 4. The van der Waals surface area contributed by atoms with Crippen LogP contribution in [0.25, 0.3) is 11.1 Å². The second kappa shape index (κ2) is 11.1. The van der Waals surface area contributed by atoms with Crippen LogP contribution in [0.3, 0.4) is 0 Å². The summed E-state index contributed by atoms with van der Waals surface area (Å²) >= 11 is 8.29. The van der Waals surface area contributed by atoms with Gasteiger partial charge in [-0.1, -0.05) is 60.1 Å². The van der Waals surface area contributed by atoms with Crippen LogP contribution < -0.4 is 10.6 Å². The van der Waals surface area contributed by atoms with Crippen LogP contribution in [0.2, 0.25) is 5.02 Å². The molecule has 1 aliphatic rings. The van der Waals surface area contributed by atoms with E-state index in [1.54, 1.807) is 18.2 Å². The number of ether oxygens (including phenoxy) is 1. The molecule has 1 unspecified atom stereocenters. The van der Waals surface area contributed by atoms with E-state index in [2.05, 4.69) is 33.2 Å². The quantitative estimate of drug-likeness (QED) is 0.288. The molecular weight excluding hydrogens is 583 g/mol. The molecule has 3 aromatic rings. The molecule has 3 N–H and O–H groups in total. The zero-order chi connectivity index (χ0) is 24.9. The maximum absolute atomic E-state index is 12.9. The van der Waals surface area contributed by atoms with Gasteiger partial charge in [0.15, 0.2) is 0 Å². The molecule has 3 aromatic carbocycles. The largest absolute Gasteiger partial charge is 0.481 e. The number of carbonyl (C=O) groups excluding carboxylic acids is 2. The summed E-state index contributed by atoms with van der Waals surface area (Å²) in [5, 5.41) is 14.6. The third-order valence-electron chi connectivity index (χ3n) is 5.79. The molecule has 0 aliphatic heterocycles. The Hall–Kier alpha value is -3.11. The molecule has 9 heteroatoms. The van der Waals surface area contributed by atoms with E-state index in [1.165, 1.54) is 0 Å². The summed E-state index contributed by atoms with van der Waals surface area (Å²) in [5.41, 5.74) is 4.70. The molecule has 2 amide bonds. The van der Waals surface area contributed by atoms with Gasteiger partial charge >= 0.3 is 12.1 Å². The number of carbonyl (C=O) groups is 3. The molecule has 1 aliphatic carbocycles. The summed E-state index contributed by atoms with van der Waals surface area (Å²) in [4.78, 5) is 36.6. The zero-order valence-electron chi connectivity index (χ0n) is 18.5. The highest BCUT2D eigenvalue weighted by Crippen LogP contribution is 2.44. The van der Waals surface area contributed by atoms with Crippen molar-refractivity contribution in [3.63, 3.8) is 0 Å². The molecule has 0 radical (unpaired) electrons. The molecular formula is C26H22ClIN2O5. The number of anilines is 1. The number of amides is 2. The van der Waals surface area contributed by atoms with Crippen molar-refractivity contribution in [3.05, 3.63) is 86.4 Å². The maximum Gasteiger partial charge on any atom is 0.407 e. The summed E-state index contributed by atoms with van der Waals surface area (Å²) in [6.45, 7) is 0.0794. The van der Waals surface area contributed by atoms with E-state index in [0.717, 1.165) is 25.8 Å². The molecule has 0 bridgehead atoms. The van der Waals surface area contributed by atoms with Gasteiger partial charge in [0.25, 0.3) is 0 Å². The lowest BCUT2D eigenvalue weighted by Gasteiger charge is -2.19. The second-order valence-electron chi connectivity index (χ2n) is 8.07. The summed E-state index contributed by atoms with van der Waals surface area (Å²) in [6.07, 6.45) is -1.21. The first-order chi connectivity index (χ1) is 16.8. The fourth-order valence-electron chi connectivity index (χ4n) is 4.13. The number of rotatable bonds is 8. The zero-order valence-corrected chi connectivity index (χ0v) is 21.4. The Balaban J connectivity index is 1.43. The van der Waals surface area contributed by atoms with E-state index < -0.39 is 24.0 Å². The Morgan fingerprint density at radius 2 is 1.63 bits per heavy atom. The molecule has 0 saturated heterocycles. The van der Waals surface area contributed by atoms with Crippen molar-refractivity contribution < 1.29 is 24.2 Å². The lowest BCUT2D eigenvalue weighted by atomic mass is 9.98. The van der Waals surface area contributed by atoms with Gasteiger partial charge in [0.1, 0.15) is 12.6 Å². The first kappa shape index (κ1) is 25.0. The number of fused-ring (bicyclic) bond motifs is 3. The number of carboxylic acid groups (broad SMARTS) is 1. The number of aliphatic carboxylic acids is 1. The van der Waals surface area contributed by atoms with Gasteiger partial charge in [-0.25, -0.2) is 4.79 Å². The van der Waals surface area contributed by atoms with E-state index in [-0.39, 0.29) is 25.4 Å². The van der Waals surface area contributed by atoms with E-state index in [1.807, 2.05) is 48.5 Å². The topological polar surface area (TPSA) is 105 Å². The molecule has 0 aromatic heterocycles. The van der Waals surface area contributed by atoms with Crippen molar-refractivity contribution in [1.82, 2.24) is 5.32 Å². The maximum atomic E-state index is 12.9. The van der Waals surface area contributed by atoms with E-state index >= 15 is 0 Å². The SMILES string of the molecule is O=C(O)CCC(NC(=O)OCC1c2ccccc2-c2ccccc21)C(=O)Nc1ccc(I)cc1Cl. The molecule has 0 heterocycles. The Bertz CT molecular complexity index is 1240. The van der Waals surface area contributed by atoms with Crippen LogP contribution in [-0.4, -0.2) is 35.7 Å². The van der Waals surface area contributed by atoms with Crippen molar-refractivity contribution in [2.75, 3.05) is 11.9 Å². The minimum atomic E-state index is -1.11. The first-order valence-electron chi connectivity index (χ1n) is 10.9. The summed E-state index contributed by atoms with van der Waals surface area (Å²) in [7, 11) is 0. The van der Waals surface area contributed by atoms with Crippen molar-refractivity contribution >= 4 is 57.8 Å². The lowest BCUT2D eigenvalue weighted by molar-refractivity contribution is -0.137. The first-order valence-corrected chi connectivity index (χ1v) is 12.4. The Morgan fingerprint density at radius 1 is 1.00 bits per heavy atom. The number of halogens is 2. The summed E-state index contributed by atoms with van der Waals surface area (Å²) in [6, 6.07) is 19.9. The van der Waals surface area contributed by atoms with Gasteiger partial charge in [0.05, 0.1) is 10.7 Å². The third kappa shape index (κ3) is 5.94. The van der Waals surface area contributed by atoms with Crippen LogP contribution in [0.5, 0.6) is 0 Å². The Labute approximate surface area is 221 Å². The number of nitrogens with one attached hydrogen (secondary N) is 2. The normalized spacial score (nSPS) is 12.9. The van der Waals surface area contributed by atoms with Gasteiger partial charge in [0.2, 0.25) is 5.91 Å². The fourth-order valence-corrected chi connectivity index (χ4v) is 5.03. The van der Waals surface area contributed by atoms with Crippen LogP contribution in [-0.2, 0) is 14.3 Å². The molecule has 0 saturated carbocycles. The minimum absolute atomic E-state index is 0.0794. The van der Waals surface area contributed by atoms with Crippen LogP contribution in [0.4, 0.5) is 10.5 Å². The Kier molecular flexibility index (Phi) is 7.92. The number of benzene rings is 3. The predicted molar refractivity (Wildman–Crippen MR) is 142 cm³/mol. The smallest absolute Gasteiger partial charge is 0.407 e. The standard InChI is InChI=1S/C26H22ClIN2O5/c27-21-13-15(28)9-10-22(21)29-25(33)23(11-12-24(31)32)30-26(34)35-14-20-18-7-3-1-5-16(18)17-6-2-4-8-19(17)20/h1-10,13,20,23H,11-12,14H2,(H,29,33)(H,30,34)(H,31,32). The fraction of sp³-hybridized carbons (Fsp3) is 0.192. The van der Waals surface area contributed by atoms with Gasteiger partial charge in [0, 0.05) is 15.9 Å². The van der Waals surface area contributed by atoms with Crippen molar-refractivity contribution in [2.24, 2.45) is 0 Å². The molecule has 0 fully saturated rings. The molecule has 4 rings (SSSR count). The minimum Gasteiger partial charge on any atom is -0.481 e. The molecule has 7 nitrogen and oxygen atoms in total. The van der Waals surface area contributed by atoms with Gasteiger partial charge in [-0.15, -0.1) is 0 Å². The summed E-state index contributed by atoms with van der Waals surface area (Å²) < 4.78 is 6.41. The van der Waals surface area contributed by atoms with Crippen molar-refractivity contribution in [3.8, 4) is 11.1 Å². The third-order valence-corrected chi connectivity index (χ3v) is 6.77. The highest BCUT2D eigenvalue weighted by molar-refractivity contribution is 14.1. The molecule has 0 spiro atoms. The molecule has 35 heavy (non-hydrogen) atoms. The predicted octanol–water partition coefficient (Wildman–Crippen LogP) is 5.66. The second-order valence-corrected chi connectivity index (χ2v) is 9.72. The van der Waals surface area contributed by atoms with Crippen LogP contribution >= 0.6 is 34.2 Å². The van der Waals surface area contributed by atoms with E-state index in [4.69, 9.17) is 21.4 Å². The molecule has 180 valence electrons. The Morgan fingerprint density at radius 3 is 2.23 bits per heavy atom. The average Bonchev–Trinajstić information content (AvgIpc) is 3.15. The number of carboxylic acids is 1. The van der Waals surface area contributed by atoms with Gasteiger partial charge < -0.3 is 20.5 Å². The van der Waals surface area contributed by atoms with Crippen molar-refractivity contribution in [1.29, 1.82) is 0 Å². The van der Waals surface area contributed by atoms with E-state index in [9.17, 15) is 14.4 Å². The van der Waals surface area contributed by atoms with Gasteiger partial charge in [-0.2, -0.15) is 0 Å².